The van der Waals surface area contributed by atoms with E-state index in [1.807, 2.05) is 12.1 Å². The number of nitrogens with one attached hydrogen (secondary N) is 1. The molecule has 0 aliphatic carbocycles. The Balaban J connectivity index is 1.91. The molecule has 0 spiro atoms. The summed E-state index contributed by atoms with van der Waals surface area (Å²) in [7, 11) is 2.19. The van der Waals surface area contributed by atoms with Gasteiger partial charge in [-0.2, -0.15) is 0 Å². The minimum Gasteiger partial charge on any atom is -0.490 e. The quantitative estimate of drug-likeness (QED) is 0.840. The van der Waals surface area contributed by atoms with E-state index in [9.17, 15) is 0 Å². The first-order valence-corrected chi connectivity index (χ1v) is 6.83. The van der Waals surface area contributed by atoms with Crippen LogP contribution < -0.4 is 10.1 Å². The van der Waals surface area contributed by atoms with Gasteiger partial charge in [-0.3, -0.25) is 0 Å². The molecule has 1 aliphatic heterocycles. The van der Waals surface area contributed by atoms with Crippen LogP contribution in [0, 0.1) is 0 Å². The summed E-state index contributed by atoms with van der Waals surface area (Å²) in [5.41, 5.74) is 0. The molecule has 1 unspecified atom stereocenters. The van der Waals surface area contributed by atoms with Gasteiger partial charge in [0, 0.05) is 18.8 Å². The van der Waals surface area contributed by atoms with Crippen LogP contribution in [0.25, 0.3) is 0 Å². The van der Waals surface area contributed by atoms with Gasteiger partial charge in [-0.25, -0.2) is 4.98 Å². The molecular weight excluding hydrogens is 226 g/mol. The lowest BCUT2D eigenvalue weighted by Gasteiger charge is -2.20. The van der Waals surface area contributed by atoms with Crippen molar-refractivity contribution < 1.29 is 4.74 Å². The highest BCUT2D eigenvalue weighted by atomic mass is 16.5. The van der Waals surface area contributed by atoms with E-state index in [2.05, 4.69) is 29.2 Å². The maximum atomic E-state index is 5.69. The zero-order valence-corrected chi connectivity index (χ0v) is 11.4. The van der Waals surface area contributed by atoms with E-state index in [-0.39, 0.29) is 0 Å². The monoisotopic (exact) mass is 249 g/mol. The Hall–Kier alpha value is -1.29. The highest BCUT2D eigenvalue weighted by Gasteiger charge is 2.20. The molecule has 1 aromatic rings. The Labute approximate surface area is 109 Å². The summed E-state index contributed by atoms with van der Waals surface area (Å²) < 4.78 is 5.69. The summed E-state index contributed by atoms with van der Waals surface area (Å²) in [5, 5.41) is 3.42. The van der Waals surface area contributed by atoms with Crippen molar-refractivity contribution in [1.82, 2.24) is 9.88 Å². The van der Waals surface area contributed by atoms with Gasteiger partial charge in [-0.05, 0) is 45.0 Å². The minimum atomic E-state index is 0.617. The van der Waals surface area contributed by atoms with Crippen molar-refractivity contribution in [3.8, 4) is 5.75 Å². The van der Waals surface area contributed by atoms with E-state index in [0.717, 1.165) is 31.1 Å². The molecule has 1 N–H and O–H groups in total. The normalized spacial score (nSPS) is 20.0. The Kier molecular flexibility index (Phi) is 4.81. The minimum absolute atomic E-state index is 0.617. The van der Waals surface area contributed by atoms with Crippen LogP contribution in [-0.2, 0) is 0 Å². The molecule has 0 bridgehead atoms. The number of hydrogen-bond donors (Lipinski definition) is 1. The Morgan fingerprint density at radius 2 is 2.44 bits per heavy atom. The van der Waals surface area contributed by atoms with Crippen molar-refractivity contribution >= 4 is 5.82 Å². The zero-order valence-electron chi connectivity index (χ0n) is 11.4. The van der Waals surface area contributed by atoms with Crippen LogP contribution in [-0.4, -0.2) is 42.7 Å². The van der Waals surface area contributed by atoms with Gasteiger partial charge < -0.3 is 15.0 Å². The van der Waals surface area contributed by atoms with Crippen molar-refractivity contribution in [3.63, 3.8) is 0 Å². The van der Waals surface area contributed by atoms with Crippen LogP contribution in [0.15, 0.2) is 18.3 Å². The highest BCUT2D eigenvalue weighted by Crippen LogP contribution is 2.22. The molecular formula is C14H23N3O. The van der Waals surface area contributed by atoms with Crippen molar-refractivity contribution in [2.45, 2.75) is 32.2 Å². The third-order valence-corrected chi connectivity index (χ3v) is 3.41. The second kappa shape index (κ2) is 6.59. The lowest BCUT2D eigenvalue weighted by Crippen LogP contribution is -2.31. The molecule has 100 valence electrons. The fourth-order valence-electron chi connectivity index (χ4n) is 2.30. The van der Waals surface area contributed by atoms with Gasteiger partial charge in [0.2, 0.25) is 0 Å². The van der Waals surface area contributed by atoms with Gasteiger partial charge in [-0.15, -0.1) is 0 Å². The lowest BCUT2D eigenvalue weighted by atomic mass is 10.2. The van der Waals surface area contributed by atoms with Gasteiger partial charge in [0.05, 0.1) is 6.61 Å². The van der Waals surface area contributed by atoms with Crippen LogP contribution in [0.3, 0.4) is 0 Å². The van der Waals surface area contributed by atoms with Crippen molar-refractivity contribution in [1.29, 1.82) is 0 Å². The van der Waals surface area contributed by atoms with Crippen molar-refractivity contribution in [3.05, 3.63) is 18.3 Å². The standard InChI is InChI=1S/C14H23N3O/c1-3-10-18-13-7-4-8-15-14(13)16-11-12-6-5-9-17(12)2/h4,7-8,12H,3,5-6,9-11H2,1-2H3,(H,15,16). The smallest absolute Gasteiger partial charge is 0.168 e. The number of rotatable bonds is 6. The largest absolute Gasteiger partial charge is 0.490 e. The first-order valence-electron chi connectivity index (χ1n) is 6.83. The molecule has 0 aromatic carbocycles. The van der Waals surface area contributed by atoms with Gasteiger partial charge >= 0.3 is 0 Å². The number of pyridine rings is 1. The average Bonchev–Trinajstić information content (AvgIpc) is 2.80. The molecule has 0 amide bonds. The number of nitrogens with zero attached hydrogens (tertiary/aromatic N) is 2. The summed E-state index contributed by atoms with van der Waals surface area (Å²) >= 11 is 0. The van der Waals surface area contributed by atoms with Gasteiger partial charge in [0.15, 0.2) is 11.6 Å². The molecule has 1 saturated heterocycles. The molecule has 1 fully saturated rings. The lowest BCUT2D eigenvalue weighted by molar-refractivity contribution is 0.313. The van der Waals surface area contributed by atoms with E-state index >= 15 is 0 Å². The first-order chi connectivity index (χ1) is 8.81. The summed E-state index contributed by atoms with van der Waals surface area (Å²) in [5.74, 6) is 1.73. The molecule has 2 rings (SSSR count). The SMILES string of the molecule is CCCOc1cccnc1NCC1CCCN1C. The molecule has 4 nitrogen and oxygen atoms in total. The number of likely N-dealkylation sites (tertiary alicyclic amines) is 1. The number of aromatic nitrogens is 1. The van der Waals surface area contributed by atoms with Crippen LogP contribution in [0.1, 0.15) is 26.2 Å². The molecule has 18 heavy (non-hydrogen) atoms. The second-order valence-corrected chi connectivity index (χ2v) is 4.86. The maximum absolute atomic E-state index is 5.69. The Morgan fingerprint density at radius 3 is 3.17 bits per heavy atom. The summed E-state index contributed by atoms with van der Waals surface area (Å²) in [6.45, 7) is 4.99. The fraction of sp³-hybridized carbons (Fsp3) is 0.643. The number of likely N-dealkylation sites (N-methyl/N-ethyl adjacent to an activating group) is 1. The Bertz CT molecular complexity index is 370. The van der Waals surface area contributed by atoms with Gasteiger partial charge in [-0.1, -0.05) is 6.92 Å². The number of hydrogen-bond acceptors (Lipinski definition) is 4. The van der Waals surface area contributed by atoms with Crippen molar-refractivity contribution in [2.24, 2.45) is 0 Å². The van der Waals surface area contributed by atoms with Crippen LogP contribution in [0.4, 0.5) is 5.82 Å². The third kappa shape index (κ3) is 3.35. The second-order valence-electron chi connectivity index (χ2n) is 4.86. The van der Waals surface area contributed by atoms with E-state index in [1.165, 1.54) is 19.4 Å². The predicted octanol–water partition coefficient (Wildman–Crippen LogP) is 2.38. The molecule has 0 radical (unpaired) electrons. The first kappa shape index (κ1) is 13.1. The number of anilines is 1. The Morgan fingerprint density at radius 1 is 1.56 bits per heavy atom. The van der Waals surface area contributed by atoms with Crippen LogP contribution in [0.5, 0.6) is 5.75 Å². The number of ether oxygens (including phenoxy) is 1. The molecule has 0 saturated carbocycles. The van der Waals surface area contributed by atoms with E-state index < -0.39 is 0 Å². The summed E-state index contributed by atoms with van der Waals surface area (Å²) in [6.07, 6.45) is 5.38. The molecule has 1 atom stereocenters. The fourth-order valence-corrected chi connectivity index (χ4v) is 2.30. The third-order valence-electron chi connectivity index (χ3n) is 3.41. The molecule has 1 aromatic heterocycles. The zero-order chi connectivity index (χ0) is 12.8. The molecule has 2 heterocycles. The van der Waals surface area contributed by atoms with Crippen LogP contribution in [0.2, 0.25) is 0 Å². The summed E-state index contributed by atoms with van der Waals surface area (Å²) in [6, 6.07) is 4.51. The van der Waals surface area contributed by atoms with Gasteiger partial charge in [0.1, 0.15) is 0 Å². The van der Waals surface area contributed by atoms with Crippen molar-refractivity contribution in [2.75, 3.05) is 32.1 Å². The van der Waals surface area contributed by atoms with E-state index in [1.54, 1.807) is 6.20 Å². The maximum Gasteiger partial charge on any atom is 0.168 e. The molecule has 4 heteroatoms. The van der Waals surface area contributed by atoms with Gasteiger partial charge in [0.25, 0.3) is 0 Å². The summed E-state index contributed by atoms with van der Waals surface area (Å²) in [4.78, 5) is 6.77. The highest BCUT2D eigenvalue weighted by molar-refractivity contribution is 5.49. The average molecular weight is 249 g/mol. The predicted molar refractivity (Wildman–Crippen MR) is 74.2 cm³/mol. The van der Waals surface area contributed by atoms with Crippen LogP contribution >= 0.6 is 0 Å². The van der Waals surface area contributed by atoms with E-state index in [4.69, 9.17) is 4.74 Å². The topological polar surface area (TPSA) is 37.4 Å². The molecule has 1 aliphatic rings. The van der Waals surface area contributed by atoms with E-state index in [0.29, 0.717) is 6.04 Å².